The largest absolute Gasteiger partial charge is 0.384 e. The maximum Gasteiger partial charge on any atom is 0.337 e. The van der Waals surface area contributed by atoms with E-state index in [0.29, 0.717) is 37.4 Å². The summed E-state index contributed by atoms with van der Waals surface area (Å²) in [7, 11) is 1.59. The van der Waals surface area contributed by atoms with Crippen molar-refractivity contribution in [1.82, 2.24) is 4.90 Å². The maximum absolute atomic E-state index is 14.6. The van der Waals surface area contributed by atoms with Gasteiger partial charge in [0.15, 0.2) is 5.54 Å². The lowest BCUT2D eigenvalue weighted by Crippen LogP contribution is -2.71. The van der Waals surface area contributed by atoms with Crippen LogP contribution in [0.5, 0.6) is 0 Å². The van der Waals surface area contributed by atoms with Crippen molar-refractivity contribution in [2.45, 2.75) is 75.9 Å². The first-order valence-corrected chi connectivity index (χ1v) is 12.8. The molecule has 0 bridgehead atoms. The highest BCUT2D eigenvalue weighted by Gasteiger charge is 2.76. The van der Waals surface area contributed by atoms with Crippen LogP contribution in [0.15, 0.2) is 24.3 Å². The van der Waals surface area contributed by atoms with Crippen LogP contribution in [0.3, 0.4) is 0 Å². The summed E-state index contributed by atoms with van der Waals surface area (Å²) in [6.07, 6.45) is 8.36. The number of amides is 4. The van der Waals surface area contributed by atoms with Crippen molar-refractivity contribution in [1.29, 1.82) is 5.41 Å². The van der Waals surface area contributed by atoms with Gasteiger partial charge in [-0.2, -0.15) is 0 Å². The van der Waals surface area contributed by atoms with Crippen molar-refractivity contribution in [2.75, 3.05) is 13.6 Å². The quantitative estimate of drug-likeness (QED) is 0.221. The van der Waals surface area contributed by atoms with Crippen molar-refractivity contribution >= 4 is 48.5 Å². The fourth-order valence-corrected chi connectivity index (χ4v) is 6.81. The molecule has 1 heterocycles. The van der Waals surface area contributed by atoms with Crippen molar-refractivity contribution < 1.29 is 18.9 Å². The highest BCUT2D eigenvalue weighted by atomic mass is 35.5. The number of likely N-dealkylation sites (tertiary alicyclic amines) is 1. The number of urea groups is 1. The minimum absolute atomic E-state index is 0. The second kappa shape index (κ2) is 12.0. The first-order valence-electron chi connectivity index (χ1n) is 12.8. The lowest BCUT2D eigenvalue weighted by Gasteiger charge is -2.47. The van der Waals surface area contributed by atoms with Gasteiger partial charge in [0.05, 0.1) is 6.54 Å². The molecule has 0 radical (unpaired) electrons. The first-order chi connectivity index (χ1) is 16.6. The Hall–Kier alpha value is -2.36. The molecule has 9 nitrogen and oxygen atoms in total. The summed E-state index contributed by atoms with van der Waals surface area (Å²) >= 11 is 0. The minimum Gasteiger partial charge on any atom is -0.384 e. The van der Waals surface area contributed by atoms with Gasteiger partial charge in [-0.3, -0.25) is 10.2 Å². The molecule has 0 spiro atoms. The molecule has 1 aromatic rings. The van der Waals surface area contributed by atoms with E-state index < -0.39 is 23.5 Å². The molecule has 4 rings (SSSR count). The van der Waals surface area contributed by atoms with Crippen LogP contribution in [0.4, 0.5) is 4.79 Å². The number of hydrogen-bond donors (Lipinski definition) is 4. The molecular weight excluding hydrogens is 515 g/mol. The van der Waals surface area contributed by atoms with Gasteiger partial charge in [-0.1, -0.05) is 56.4 Å². The predicted octanol–water partition coefficient (Wildman–Crippen LogP) is 3.04. The molecule has 3 aliphatic rings. The fourth-order valence-electron chi connectivity index (χ4n) is 6.81. The molecule has 1 unspecified atom stereocenters. The molecule has 206 valence electrons. The Balaban J connectivity index is 0.00000241. The average Bonchev–Trinajstić information content (AvgIpc) is 3.60. The third-order valence-electron chi connectivity index (χ3n) is 8.88. The van der Waals surface area contributed by atoms with Crippen molar-refractivity contribution in [3.63, 3.8) is 0 Å². The van der Waals surface area contributed by atoms with Crippen LogP contribution in [-0.2, 0) is 16.1 Å². The van der Waals surface area contributed by atoms with Crippen LogP contribution < -0.4 is 17.2 Å². The van der Waals surface area contributed by atoms with Crippen LogP contribution in [0.25, 0.3) is 0 Å². The van der Waals surface area contributed by atoms with Crippen molar-refractivity contribution in [3.05, 3.63) is 35.4 Å². The SMILES string of the molecule is CN(C(N)=O)[C@H](CC1CCCCC1)C(=O)[N+]1(Cc2ccc(C(=N)N)cc2)CCC[C@@H]2C[C@@]21C(N)=O.Cl.Cl. The number of nitrogens with zero attached hydrogens (tertiary/aromatic N) is 2. The summed E-state index contributed by atoms with van der Waals surface area (Å²) in [6.45, 7) is 0.810. The predicted molar refractivity (Wildman–Crippen MR) is 147 cm³/mol. The number of amidine groups is 1. The number of carbonyl (C=O) groups is 3. The van der Waals surface area contributed by atoms with Gasteiger partial charge >= 0.3 is 11.9 Å². The molecule has 4 amide bonds. The second-order valence-corrected chi connectivity index (χ2v) is 10.8. The number of piperidine rings is 1. The standard InChI is InChI=1S/C26H38N6O3.2ClH/c1-31(25(30)35)21(14-17-6-3-2-4-7-17)23(33)32(13-5-8-20-15-26(20,32)24(29)34)16-18-9-11-19(12-10-18)22(27)28;;/h9-12,17,20-21H,2-8,13-16H2,1H3,(H6-,27,28,29,30,34,35);2*1H/p+1/t20-,21-,26+,32?;;/m1../s1. The molecular formula is C26H41Cl2N6O3+. The van der Waals surface area contributed by atoms with E-state index in [-0.39, 0.29) is 47.0 Å². The van der Waals surface area contributed by atoms with Crippen molar-refractivity contribution in [2.24, 2.45) is 29.0 Å². The summed E-state index contributed by atoms with van der Waals surface area (Å²) in [5, 5.41) is 7.67. The molecule has 2 saturated carbocycles. The van der Waals surface area contributed by atoms with Gasteiger partial charge < -0.3 is 22.1 Å². The van der Waals surface area contributed by atoms with Crippen LogP contribution in [0, 0.1) is 17.2 Å². The molecule has 11 heteroatoms. The zero-order valence-electron chi connectivity index (χ0n) is 21.5. The number of rotatable bonds is 8. The normalized spacial score (nSPS) is 27.4. The third-order valence-corrected chi connectivity index (χ3v) is 8.88. The topological polar surface area (TPSA) is 156 Å². The minimum atomic E-state index is -0.947. The van der Waals surface area contributed by atoms with Gasteiger partial charge in [0, 0.05) is 30.5 Å². The monoisotopic (exact) mass is 555 g/mol. The van der Waals surface area contributed by atoms with E-state index in [4.69, 9.17) is 22.6 Å². The number of quaternary nitrogens is 1. The van der Waals surface area contributed by atoms with Gasteiger partial charge in [-0.15, -0.1) is 24.8 Å². The first kappa shape index (κ1) is 30.9. The average molecular weight is 557 g/mol. The van der Waals surface area contributed by atoms with E-state index in [1.165, 1.54) is 11.3 Å². The number of likely N-dealkylation sites (N-methyl/N-ethyl adjacent to an activating group) is 1. The lowest BCUT2D eigenvalue weighted by molar-refractivity contribution is -0.900. The van der Waals surface area contributed by atoms with E-state index in [1.807, 2.05) is 12.1 Å². The molecule has 1 saturated heterocycles. The molecule has 7 N–H and O–H groups in total. The number of benzene rings is 1. The van der Waals surface area contributed by atoms with Crippen LogP contribution in [0.2, 0.25) is 0 Å². The Bertz CT molecular complexity index is 1020. The molecule has 1 aliphatic heterocycles. The van der Waals surface area contributed by atoms with Crippen LogP contribution in [-0.4, -0.2) is 58.2 Å². The molecule has 1 aromatic carbocycles. The lowest BCUT2D eigenvalue weighted by atomic mass is 9.83. The number of carbonyl (C=O) groups excluding carboxylic acids is 3. The van der Waals surface area contributed by atoms with E-state index in [9.17, 15) is 14.4 Å². The number of halogens is 2. The van der Waals surface area contributed by atoms with Crippen LogP contribution in [0.1, 0.15) is 68.9 Å². The summed E-state index contributed by atoms with van der Waals surface area (Å²) in [5.74, 6) is -0.175. The number of hydrogen-bond acceptors (Lipinski definition) is 4. The van der Waals surface area contributed by atoms with Crippen molar-refractivity contribution in [3.8, 4) is 0 Å². The Kier molecular flexibility index (Phi) is 10.0. The molecule has 0 aromatic heterocycles. The Morgan fingerprint density at radius 3 is 2.19 bits per heavy atom. The molecule has 2 aliphatic carbocycles. The highest BCUT2D eigenvalue weighted by molar-refractivity contribution is 5.95. The molecule has 3 fully saturated rings. The summed E-state index contributed by atoms with van der Waals surface area (Å²) in [5.41, 5.74) is 17.9. The Labute approximate surface area is 231 Å². The number of fused-ring (bicyclic) bond motifs is 1. The molecule has 37 heavy (non-hydrogen) atoms. The van der Waals surface area contributed by atoms with Gasteiger partial charge in [0.25, 0.3) is 5.91 Å². The number of nitrogens with one attached hydrogen (secondary N) is 1. The van der Waals surface area contributed by atoms with E-state index >= 15 is 0 Å². The summed E-state index contributed by atoms with van der Waals surface area (Å²) < 4.78 is -0.0680. The van der Waals surface area contributed by atoms with E-state index in [0.717, 1.165) is 44.1 Å². The maximum atomic E-state index is 14.6. The van der Waals surface area contributed by atoms with Gasteiger partial charge in [-0.25, -0.2) is 14.1 Å². The zero-order valence-corrected chi connectivity index (χ0v) is 23.1. The summed E-state index contributed by atoms with van der Waals surface area (Å²) in [6, 6.07) is 5.90. The van der Waals surface area contributed by atoms with Gasteiger partial charge in [0.2, 0.25) is 0 Å². The summed E-state index contributed by atoms with van der Waals surface area (Å²) in [4.78, 5) is 41.3. The fraction of sp³-hybridized carbons (Fsp3) is 0.615. The smallest absolute Gasteiger partial charge is 0.337 e. The van der Waals surface area contributed by atoms with E-state index in [2.05, 4.69) is 0 Å². The van der Waals surface area contributed by atoms with Gasteiger partial charge in [0.1, 0.15) is 18.4 Å². The Morgan fingerprint density at radius 2 is 1.65 bits per heavy atom. The van der Waals surface area contributed by atoms with Crippen LogP contribution >= 0.6 is 24.8 Å². The van der Waals surface area contributed by atoms with Gasteiger partial charge in [-0.05, 0) is 25.2 Å². The molecule has 4 atom stereocenters. The number of primary amides is 2. The second-order valence-electron chi connectivity index (χ2n) is 10.8. The number of nitrogen functional groups attached to an aromatic ring is 1. The zero-order chi connectivity index (χ0) is 25.4. The Morgan fingerprint density at radius 1 is 1.03 bits per heavy atom. The number of nitrogens with two attached hydrogens (primary N) is 3. The highest BCUT2D eigenvalue weighted by Crippen LogP contribution is 2.59. The third kappa shape index (κ3) is 5.59. The van der Waals surface area contributed by atoms with E-state index in [1.54, 1.807) is 19.2 Å².